The van der Waals surface area contributed by atoms with Gasteiger partial charge in [0.15, 0.2) is 0 Å². The third-order valence-electron chi connectivity index (χ3n) is 3.21. The molecule has 0 N–H and O–H groups in total. The Kier molecular flexibility index (Phi) is 5.41. The van der Waals surface area contributed by atoms with Crippen LogP contribution < -0.4 is 13.3 Å². The van der Waals surface area contributed by atoms with Crippen molar-refractivity contribution in [3.63, 3.8) is 0 Å². The van der Waals surface area contributed by atoms with Gasteiger partial charge in [0.2, 0.25) is 0 Å². The minimum atomic E-state index is -3.23. The maximum absolute atomic E-state index is 6.26. The van der Waals surface area contributed by atoms with Gasteiger partial charge in [-0.1, -0.05) is 54.6 Å². The topological polar surface area (TPSA) is 27.7 Å². The second-order valence-electron chi connectivity index (χ2n) is 5.06. The molecule has 0 bridgehead atoms. The van der Waals surface area contributed by atoms with Crippen LogP contribution in [0.15, 0.2) is 91.0 Å². The lowest BCUT2D eigenvalue weighted by molar-refractivity contribution is 0.269. The van der Waals surface area contributed by atoms with Gasteiger partial charge in [0.25, 0.3) is 0 Å². The smallest absolute Gasteiger partial charge is 0.483 e. The number of rotatable bonds is 7. The number of hydrogen-bond acceptors (Lipinski definition) is 3. The Morgan fingerprint density at radius 1 is 0.542 bits per heavy atom. The SMILES string of the molecule is ClC[Si](Oc1ccccc1)(Oc1ccccc1)Oc1ccccc1. The zero-order chi connectivity index (χ0) is 16.7. The molecule has 0 radical (unpaired) electrons. The number of benzene rings is 3. The van der Waals surface area contributed by atoms with Gasteiger partial charge in [-0.25, -0.2) is 0 Å². The number of halogens is 1. The molecule has 5 heteroatoms. The molecule has 0 unspecified atom stereocenters. The fourth-order valence-electron chi connectivity index (χ4n) is 2.15. The zero-order valence-electron chi connectivity index (χ0n) is 13.0. The van der Waals surface area contributed by atoms with Crippen LogP contribution in [0.2, 0.25) is 0 Å². The van der Waals surface area contributed by atoms with Crippen molar-refractivity contribution in [1.82, 2.24) is 0 Å². The van der Waals surface area contributed by atoms with Crippen molar-refractivity contribution in [2.75, 3.05) is 5.50 Å². The first-order chi connectivity index (χ1) is 11.8. The van der Waals surface area contributed by atoms with Gasteiger partial charge in [0.05, 0.1) is 0 Å². The molecule has 122 valence electrons. The van der Waals surface area contributed by atoms with Crippen LogP contribution in [0.4, 0.5) is 0 Å². The molecule has 0 saturated carbocycles. The molecule has 0 amide bonds. The molecule has 3 rings (SSSR count). The molecule has 0 aliphatic carbocycles. The van der Waals surface area contributed by atoms with E-state index in [4.69, 9.17) is 24.9 Å². The van der Waals surface area contributed by atoms with E-state index in [1.165, 1.54) is 0 Å². The van der Waals surface area contributed by atoms with Gasteiger partial charge in [-0.15, -0.1) is 11.6 Å². The van der Waals surface area contributed by atoms with Crippen LogP contribution in [0.1, 0.15) is 0 Å². The maximum Gasteiger partial charge on any atom is 0.715 e. The predicted molar refractivity (Wildman–Crippen MR) is 97.7 cm³/mol. The maximum atomic E-state index is 6.26. The monoisotopic (exact) mass is 356 g/mol. The minimum absolute atomic E-state index is 0.117. The zero-order valence-corrected chi connectivity index (χ0v) is 14.7. The van der Waals surface area contributed by atoms with E-state index in [0.29, 0.717) is 17.2 Å². The molecule has 0 fully saturated rings. The van der Waals surface area contributed by atoms with Crippen LogP contribution in [0, 0.1) is 0 Å². The van der Waals surface area contributed by atoms with Gasteiger partial charge >= 0.3 is 8.80 Å². The first-order valence-corrected chi connectivity index (χ1v) is 10.0. The highest BCUT2D eigenvalue weighted by Crippen LogP contribution is 2.24. The van der Waals surface area contributed by atoms with Gasteiger partial charge in [-0.3, -0.25) is 0 Å². The summed E-state index contributed by atoms with van der Waals surface area (Å²) in [5.74, 6) is 1.99. The summed E-state index contributed by atoms with van der Waals surface area (Å²) in [6.07, 6.45) is 0. The minimum Gasteiger partial charge on any atom is -0.483 e. The van der Waals surface area contributed by atoms with Crippen molar-refractivity contribution in [1.29, 1.82) is 0 Å². The molecule has 0 aliphatic rings. The van der Waals surface area contributed by atoms with E-state index < -0.39 is 8.80 Å². The number of alkyl halides is 1. The van der Waals surface area contributed by atoms with Crippen molar-refractivity contribution in [3.05, 3.63) is 91.0 Å². The highest BCUT2D eigenvalue weighted by molar-refractivity contribution is 6.70. The highest BCUT2D eigenvalue weighted by atomic mass is 35.5. The van der Waals surface area contributed by atoms with Crippen molar-refractivity contribution in [2.45, 2.75) is 0 Å². The van der Waals surface area contributed by atoms with Crippen LogP contribution in [-0.4, -0.2) is 14.3 Å². The van der Waals surface area contributed by atoms with E-state index in [2.05, 4.69) is 0 Å². The van der Waals surface area contributed by atoms with Gasteiger partial charge in [0.1, 0.15) is 22.8 Å². The Balaban J connectivity index is 1.91. The van der Waals surface area contributed by atoms with Crippen molar-refractivity contribution < 1.29 is 13.3 Å². The normalized spacial score (nSPS) is 10.9. The van der Waals surface area contributed by atoms with E-state index in [1.807, 2.05) is 91.0 Å². The average molecular weight is 357 g/mol. The van der Waals surface area contributed by atoms with Crippen molar-refractivity contribution in [3.8, 4) is 17.2 Å². The van der Waals surface area contributed by atoms with Crippen LogP contribution in [0.3, 0.4) is 0 Å². The molecule has 0 spiro atoms. The first-order valence-electron chi connectivity index (χ1n) is 7.58. The van der Waals surface area contributed by atoms with Gasteiger partial charge in [-0.05, 0) is 36.4 Å². The lowest BCUT2D eigenvalue weighted by Crippen LogP contribution is -2.57. The fourth-order valence-corrected chi connectivity index (χ4v) is 4.41. The van der Waals surface area contributed by atoms with E-state index in [-0.39, 0.29) is 5.50 Å². The van der Waals surface area contributed by atoms with Crippen molar-refractivity contribution >= 4 is 20.4 Å². The van der Waals surface area contributed by atoms with Crippen LogP contribution in [0.5, 0.6) is 17.2 Å². The summed E-state index contributed by atoms with van der Waals surface area (Å²) in [6, 6.07) is 28.3. The lowest BCUT2D eigenvalue weighted by atomic mass is 10.3. The second-order valence-corrected chi connectivity index (χ2v) is 8.11. The van der Waals surface area contributed by atoms with Crippen LogP contribution in [0.25, 0.3) is 0 Å². The van der Waals surface area contributed by atoms with E-state index in [9.17, 15) is 0 Å². The Hall–Kier alpha value is -2.43. The molecule has 0 aliphatic heterocycles. The molecule has 0 saturated heterocycles. The molecule has 3 aromatic carbocycles. The average Bonchev–Trinajstić information content (AvgIpc) is 2.64. The molecular weight excluding hydrogens is 340 g/mol. The largest absolute Gasteiger partial charge is 0.715 e. The molecule has 3 nitrogen and oxygen atoms in total. The Bertz CT molecular complexity index is 637. The van der Waals surface area contributed by atoms with E-state index in [1.54, 1.807) is 0 Å². The first kappa shape index (κ1) is 16.4. The predicted octanol–water partition coefficient (Wildman–Crippen LogP) is 4.94. The van der Waals surface area contributed by atoms with Gasteiger partial charge in [0, 0.05) is 0 Å². The number of para-hydroxylation sites is 3. The summed E-state index contributed by atoms with van der Waals surface area (Å²) >= 11 is 6.26. The Labute approximate surface area is 147 Å². The van der Waals surface area contributed by atoms with Gasteiger partial charge in [-0.2, -0.15) is 0 Å². The summed E-state index contributed by atoms with van der Waals surface area (Å²) < 4.78 is 18.4. The van der Waals surface area contributed by atoms with Crippen LogP contribution in [-0.2, 0) is 0 Å². The van der Waals surface area contributed by atoms with Crippen molar-refractivity contribution in [2.24, 2.45) is 0 Å². The molecule has 24 heavy (non-hydrogen) atoms. The summed E-state index contributed by atoms with van der Waals surface area (Å²) in [6.45, 7) is 0. The third kappa shape index (κ3) is 4.31. The highest BCUT2D eigenvalue weighted by Gasteiger charge is 2.49. The molecule has 0 heterocycles. The second kappa shape index (κ2) is 7.90. The Morgan fingerprint density at radius 2 is 0.833 bits per heavy atom. The molecular formula is C19H17ClO3Si. The standard InChI is InChI=1S/C19H17ClO3Si/c20-16-24(21-17-10-4-1-5-11-17,22-18-12-6-2-7-13-18)23-19-14-8-3-9-15-19/h1-15H,16H2. The van der Waals surface area contributed by atoms with Gasteiger partial charge < -0.3 is 13.3 Å². The third-order valence-corrected chi connectivity index (χ3v) is 6.16. The summed E-state index contributed by atoms with van der Waals surface area (Å²) in [4.78, 5) is 0. The Morgan fingerprint density at radius 3 is 1.08 bits per heavy atom. The molecule has 0 aromatic heterocycles. The fraction of sp³-hybridized carbons (Fsp3) is 0.0526. The number of hydrogen-bond donors (Lipinski definition) is 0. The molecule has 3 aromatic rings. The summed E-state index contributed by atoms with van der Waals surface area (Å²) in [5.41, 5.74) is 0.117. The quantitative estimate of drug-likeness (QED) is 0.443. The lowest BCUT2D eigenvalue weighted by Gasteiger charge is -2.28. The molecule has 0 atom stereocenters. The van der Waals surface area contributed by atoms with Crippen LogP contribution >= 0.6 is 11.6 Å². The summed E-state index contributed by atoms with van der Waals surface area (Å²) in [5, 5.41) is 0. The van der Waals surface area contributed by atoms with E-state index >= 15 is 0 Å². The van der Waals surface area contributed by atoms with E-state index in [0.717, 1.165) is 0 Å². The summed E-state index contributed by atoms with van der Waals surface area (Å²) in [7, 11) is -3.23.